The van der Waals surface area contributed by atoms with Gasteiger partial charge in [-0.15, -0.1) is 0 Å². The molecule has 0 spiro atoms. The lowest BCUT2D eigenvalue weighted by molar-refractivity contribution is -0.697. The molecule has 0 saturated heterocycles. The highest BCUT2D eigenvalue weighted by Gasteiger charge is 2.24. The van der Waals surface area contributed by atoms with Gasteiger partial charge in [0.05, 0.1) is 0 Å². The van der Waals surface area contributed by atoms with Crippen molar-refractivity contribution < 1.29 is 14.5 Å². The Morgan fingerprint density at radius 3 is 2.27 bits per heavy atom. The van der Waals surface area contributed by atoms with Gasteiger partial charge in [0.25, 0.3) is 5.91 Å². The molecule has 1 atom stereocenters. The topological polar surface area (TPSA) is 45.7 Å². The highest BCUT2D eigenvalue weighted by molar-refractivity contribution is 5.94. The van der Waals surface area contributed by atoms with Crippen LogP contribution in [-0.4, -0.2) is 5.91 Å². The fourth-order valence-corrected chi connectivity index (χ4v) is 2.79. The van der Waals surface area contributed by atoms with Crippen LogP contribution in [0.2, 0.25) is 0 Å². The molecular weight excluding hydrogens is 327 g/mol. The molecule has 0 aromatic heterocycles. The van der Waals surface area contributed by atoms with Crippen molar-refractivity contribution in [3.63, 3.8) is 0 Å². The summed E-state index contributed by atoms with van der Waals surface area (Å²) in [6, 6.07) is 23.4. The summed E-state index contributed by atoms with van der Waals surface area (Å²) in [5.74, 6) is -0.455. The highest BCUT2D eigenvalue weighted by Crippen LogP contribution is 2.14. The summed E-state index contributed by atoms with van der Waals surface area (Å²) in [6.45, 7) is 2.74. The Hall–Kier alpha value is -2.98. The Morgan fingerprint density at radius 1 is 0.962 bits per heavy atom. The second kappa shape index (κ2) is 8.41. The van der Waals surface area contributed by atoms with Crippen LogP contribution in [0.25, 0.3) is 0 Å². The summed E-state index contributed by atoms with van der Waals surface area (Å²) in [6.07, 6.45) is 0. The lowest BCUT2D eigenvalue weighted by Crippen LogP contribution is -2.85. The average Bonchev–Trinajstić information content (AvgIpc) is 2.66. The molecule has 0 fully saturated rings. The van der Waals surface area contributed by atoms with Crippen molar-refractivity contribution in [2.75, 3.05) is 5.32 Å². The third-order valence-corrected chi connectivity index (χ3v) is 4.26. The predicted octanol–water partition coefficient (Wildman–Crippen LogP) is 3.58. The Kier molecular flexibility index (Phi) is 5.77. The molecule has 3 aromatic carbocycles. The van der Waals surface area contributed by atoms with Gasteiger partial charge >= 0.3 is 0 Å². The number of amides is 1. The van der Waals surface area contributed by atoms with Crippen LogP contribution in [0.4, 0.5) is 10.1 Å². The van der Waals surface area contributed by atoms with Crippen LogP contribution in [0.3, 0.4) is 0 Å². The predicted molar refractivity (Wildman–Crippen MR) is 101 cm³/mol. The summed E-state index contributed by atoms with van der Waals surface area (Å²) in [5.41, 5.74) is 3.88. The number of aryl methyl sites for hydroxylation is 1. The van der Waals surface area contributed by atoms with Crippen molar-refractivity contribution in [2.24, 2.45) is 0 Å². The number of nitrogens with one attached hydrogen (secondary N) is 1. The Labute approximate surface area is 152 Å². The van der Waals surface area contributed by atoms with E-state index in [0.717, 1.165) is 11.1 Å². The van der Waals surface area contributed by atoms with Crippen LogP contribution in [0, 0.1) is 12.7 Å². The Morgan fingerprint density at radius 2 is 1.62 bits per heavy atom. The number of benzene rings is 3. The van der Waals surface area contributed by atoms with E-state index >= 15 is 0 Å². The Bertz CT molecular complexity index is 846. The summed E-state index contributed by atoms with van der Waals surface area (Å²) < 4.78 is 13.1. The number of nitrogens with two attached hydrogens (primary N) is 1. The molecule has 0 aliphatic heterocycles. The number of hydrogen-bond donors (Lipinski definition) is 2. The van der Waals surface area contributed by atoms with Crippen LogP contribution in [0.1, 0.15) is 22.7 Å². The molecule has 3 rings (SSSR count). The number of quaternary nitrogens is 1. The molecule has 3 nitrogen and oxygen atoms in total. The maximum absolute atomic E-state index is 13.1. The second-order valence-electron chi connectivity index (χ2n) is 6.31. The maximum atomic E-state index is 13.1. The minimum absolute atomic E-state index is 0.130. The van der Waals surface area contributed by atoms with Gasteiger partial charge in [-0.2, -0.15) is 0 Å². The van der Waals surface area contributed by atoms with E-state index in [0.29, 0.717) is 12.2 Å². The molecule has 0 aliphatic rings. The van der Waals surface area contributed by atoms with Crippen molar-refractivity contribution in [1.82, 2.24) is 0 Å². The number of anilines is 1. The first kappa shape index (κ1) is 17.8. The first-order chi connectivity index (χ1) is 12.6. The number of halogens is 1. The molecule has 3 N–H and O–H groups in total. The van der Waals surface area contributed by atoms with Gasteiger partial charge in [0.2, 0.25) is 0 Å². The molecule has 132 valence electrons. The molecule has 4 heteroatoms. The third-order valence-electron chi connectivity index (χ3n) is 4.26. The first-order valence-electron chi connectivity index (χ1n) is 8.62. The van der Waals surface area contributed by atoms with Crippen LogP contribution >= 0.6 is 0 Å². The molecule has 3 aromatic rings. The van der Waals surface area contributed by atoms with Crippen molar-refractivity contribution in [3.05, 3.63) is 101 Å². The van der Waals surface area contributed by atoms with Gasteiger partial charge in [-0.3, -0.25) is 4.79 Å². The van der Waals surface area contributed by atoms with Crippen molar-refractivity contribution >= 4 is 11.6 Å². The summed E-state index contributed by atoms with van der Waals surface area (Å²) in [7, 11) is 0. The molecule has 0 heterocycles. The first-order valence-corrected chi connectivity index (χ1v) is 8.62. The minimum Gasteiger partial charge on any atom is -0.328 e. The average molecular weight is 349 g/mol. The molecular formula is C22H22FN2O+. The second-order valence-corrected chi connectivity index (χ2v) is 6.31. The zero-order valence-electron chi connectivity index (χ0n) is 14.7. The molecule has 0 unspecified atom stereocenters. The van der Waals surface area contributed by atoms with E-state index in [4.69, 9.17) is 0 Å². The van der Waals surface area contributed by atoms with Crippen molar-refractivity contribution in [3.8, 4) is 0 Å². The number of carbonyl (C=O) groups excluding carboxylic acids is 1. The van der Waals surface area contributed by atoms with Gasteiger partial charge in [-0.05, 0) is 31.2 Å². The van der Waals surface area contributed by atoms with Crippen LogP contribution in [-0.2, 0) is 11.3 Å². The fraction of sp³-hybridized carbons (Fsp3) is 0.136. The van der Waals surface area contributed by atoms with E-state index in [1.165, 1.54) is 17.7 Å². The number of rotatable bonds is 6. The smallest absolute Gasteiger partial charge is 0.287 e. The zero-order valence-corrected chi connectivity index (χ0v) is 14.7. The summed E-state index contributed by atoms with van der Waals surface area (Å²) in [4.78, 5) is 12.8. The quantitative estimate of drug-likeness (QED) is 0.702. The molecule has 1 amide bonds. The van der Waals surface area contributed by atoms with E-state index in [1.807, 2.05) is 35.6 Å². The number of carbonyl (C=O) groups is 1. The van der Waals surface area contributed by atoms with E-state index in [2.05, 4.69) is 36.5 Å². The monoisotopic (exact) mass is 349 g/mol. The van der Waals surface area contributed by atoms with Gasteiger partial charge in [-0.1, -0.05) is 60.2 Å². The zero-order chi connectivity index (χ0) is 18.4. The van der Waals surface area contributed by atoms with Gasteiger partial charge in [0.15, 0.2) is 6.04 Å². The maximum Gasteiger partial charge on any atom is 0.287 e. The van der Waals surface area contributed by atoms with Crippen molar-refractivity contribution in [2.45, 2.75) is 19.5 Å². The van der Waals surface area contributed by atoms with Crippen LogP contribution < -0.4 is 10.6 Å². The SMILES string of the molecule is Cc1ccc(C[NH2+][C@H](C(=O)Nc2ccc(F)cc2)c2ccccc2)cc1. The Balaban J connectivity index is 1.75. The van der Waals surface area contributed by atoms with Crippen molar-refractivity contribution in [1.29, 1.82) is 0 Å². The van der Waals surface area contributed by atoms with Gasteiger partial charge in [0.1, 0.15) is 12.4 Å². The van der Waals surface area contributed by atoms with Gasteiger partial charge in [-0.25, -0.2) is 4.39 Å². The van der Waals surface area contributed by atoms with Crippen LogP contribution in [0.15, 0.2) is 78.9 Å². The molecule has 0 aliphatic carbocycles. The summed E-state index contributed by atoms with van der Waals surface area (Å²) in [5, 5.41) is 4.89. The van der Waals surface area contributed by atoms with E-state index in [-0.39, 0.29) is 17.8 Å². The minimum atomic E-state index is -0.387. The standard InChI is InChI=1S/C22H21FN2O/c1-16-7-9-17(10-8-16)15-24-21(18-5-3-2-4-6-18)22(26)25-20-13-11-19(23)12-14-20/h2-14,21,24H,15H2,1H3,(H,25,26)/p+1/t21-/m0/s1. The van der Waals surface area contributed by atoms with Gasteiger partial charge in [0, 0.05) is 16.8 Å². The summed E-state index contributed by atoms with van der Waals surface area (Å²) >= 11 is 0. The van der Waals surface area contributed by atoms with Gasteiger partial charge < -0.3 is 10.6 Å². The highest BCUT2D eigenvalue weighted by atomic mass is 19.1. The molecule has 0 bridgehead atoms. The molecule has 26 heavy (non-hydrogen) atoms. The lowest BCUT2D eigenvalue weighted by atomic mass is 10.1. The van der Waals surface area contributed by atoms with E-state index in [9.17, 15) is 9.18 Å². The van der Waals surface area contributed by atoms with E-state index < -0.39 is 0 Å². The molecule has 0 radical (unpaired) electrons. The third kappa shape index (κ3) is 4.77. The lowest BCUT2D eigenvalue weighted by Gasteiger charge is -2.16. The fourth-order valence-electron chi connectivity index (χ4n) is 2.79. The number of hydrogen-bond acceptors (Lipinski definition) is 1. The largest absolute Gasteiger partial charge is 0.328 e. The normalized spacial score (nSPS) is 11.8. The van der Waals surface area contributed by atoms with E-state index in [1.54, 1.807) is 12.1 Å². The van der Waals surface area contributed by atoms with Crippen LogP contribution in [0.5, 0.6) is 0 Å². The molecule has 0 saturated carbocycles.